The smallest absolute Gasteiger partial charge is 0.325 e. The molecule has 2 saturated carbocycles. The van der Waals surface area contributed by atoms with Crippen molar-refractivity contribution in [1.82, 2.24) is 0 Å². The molecule has 2 rings (SSSR count). The van der Waals surface area contributed by atoms with Gasteiger partial charge in [0.25, 0.3) is 0 Å². The van der Waals surface area contributed by atoms with Crippen molar-refractivity contribution in [3.8, 4) is 0 Å². The maximum absolute atomic E-state index is 12.3. The van der Waals surface area contributed by atoms with Crippen molar-refractivity contribution in [2.75, 3.05) is 0 Å². The minimum atomic E-state index is -1.34. The molecule has 0 radical (unpaired) electrons. The van der Waals surface area contributed by atoms with Gasteiger partial charge in [0, 0.05) is 6.42 Å². The van der Waals surface area contributed by atoms with E-state index in [9.17, 15) is 14.7 Å². The molecule has 0 saturated heterocycles. The molecule has 0 aromatic carbocycles. The van der Waals surface area contributed by atoms with Crippen LogP contribution in [0.25, 0.3) is 0 Å². The van der Waals surface area contributed by atoms with E-state index in [0.29, 0.717) is 19.3 Å². The topological polar surface area (TPSA) is 72.8 Å². The van der Waals surface area contributed by atoms with Crippen molar-refractivity contribution in [2.24, 2.45) is 5.41 Å². The van der Waals surface area contributed by atoms with Gasteiger partial charge in [-0.15, -0.1) is 0 Å². The standard InChI is InChI=1S/C16H26O5/c1-2-13(20-12-8-4-3-5-9-12)21-15(19)16(14(17)18)10-6-7-11-16/h12-13H,2-11H2,1H3,(H,17,18). The Bertz CT molecular complexity index is 367. The second-order valence-corrected chi connectivity index (χ2v) is 6.23. The highest BCUT2D eigenvalue weighted by Crippen LogP contribution is 2.40. The molecule has 120 valence electrons. The molecule has 0 aromatic heterocycles. The van der Waals surface area contributed by atoms with Crippen LogP contribution in [0.15, 0.2) is 0 Å². The van der Waals surface area contributed by atoms with Crippen LogP contribution >= 0.6 is 0 Å². The van der Waals surface area contributed by atoms with E-state index in [2.05, 4.69) is 0 Å². The summed E-state index contributed by atoms with van der Waals surface area (Å²) in [6, 6.07) is 0. The van der Waals surface area contributed by atoms with Crippen LogP contribution in [-0.2, 0) is 19.1 Å². The summed E-state index contributed by atoms with van der Waals surface area (Å²) in [6.45, 7) is 1.89. The number of carboxylic acids is 1. The lowest BCUT2D eigenvalue weighted by molar-refractivity contribution is -0.205. The number of aliphatic carboxylic acids is 1. The van der Waals surface area contributed by atoms with E-state index in [1.165, 1.54) is 6.42 Å². The molecule has 1 N–H and O–H groups in total. The summed E-state index contributed by atoms with van der Waals surface area (Å²) >= 11 is 0. The molecule has 5 nitrogen and oxygen atoms in total. The Morgan fingerprint density at radius 1 is 1.14 bits per heavy atom. The number of rotatable bonds is 6. The Morgan fingerprint density at radius 3 is 2.29 bits per heavy atom. The van der Waals surface area contributed by atoms with Crippen molar-refractivity contribution >= 4 is 11.9 Å². The fourth-order valence-corrected chi connectivity index (χ4v) is 3.34. The highest BCUT2D eigenvalue weighted by molar-refractivity contribution is 5.99. The summed E-state index contributed by atoms with van der Waals surface area (Å²) in [5.74, 6) is -1.67. The number of carbonyl (C=O) groups excluding carboxylic acids is 1. The summed E-state index contributed by atoms with van der Waals surface area (Å²) in [7, 11) is 0. The molecule has 0 heterocycles. The maximum atomic E-state index is 12.3. The molecule has 0 spiro atoms. The third-order valence-electron chi connectivity index (χ3n) is 4.73. The van der Waals surface area contributed by atoms with Gasteiger partial charge in [-0.05, 0) is 25.7 Å². The second-order valence-electron chi connectivity index (χ2n) is 6.23. The van der Waals surface area contributed by atoms with Crippen LogP contribution in [0.2, 0.25) is 0 Å². The van der Waals surface area contributed by atoms with Gasteiger partial charge in [0.15, 0.2) is 5.41 Å². The first-order chi connectivity index (χ1) is 10.1. The van der Waals surface area contributed by atoms with E-state index in [1.807, 2.05) is 6.92 Å². The van der Waals surface area contributed by atoms with Gasteiger partial charge in [0.1, 0.15) is 0 Å². The minimum Gasteiger partial charge on any atom is -0.480 e. The highest BCUT2D eigenvalue weighted by Gasteiger charge is 2.50. The van der Waals surface area contributed by atoms with Crippen LogP contribution in [0.5, 0.6) is 0 Å². The fourth-order valence-electron chi connectivity index (χ4n) is 3.34. The molecule has 0 bridgehead atoms. The quantitative estimate of drug-likeness (QED) is 0.463. The van der Waals surface area contributed by atoms with Crippen LogP contribution < -0.4 is 0 Å². The zero-order chi connectivity index (χ0) is 15.3. The van der Waals surface area contributed by atoms with Crippen LogP contribution in [0.4, 0.5) is 0 Å². The van der Waals surface area contributed by atoms with Gasteiger partial charge in [0.05, 0.1) is 6.10 Å². The molecule has 21 heavy (non-hydrogen) atoms. The van der Waals surface area contributed by atoms with Crippen molar-refractivity contribution in [1.29, 1.82) is 0 Å². The van der Waals surface area contributed by atoms with Gasteiger partial charge in [-0.25, -0.2) is 0 Å². The SMILES string of the molecule is CCC(OC(=O)C1(C(=O)O)CCCC1)OC1CCCCC1. The van der Waals surface area contributed by atoms with Gasteiger partial charge >= 0.3 is 11.9 Å². The largest absolute Gasteiger partial charge is 0.480 e. The lowest BCUT2D eigenvalue weighted by Gasteiger charge is -2.29. The maximum Gasteiger partial charge on any atom is 0.325 e. The van der Waals surface area contributed by atoms with E-state index in [4.69, 9.17) is 9.47 Å². The monoisotopic (exact) mass is 298 g/mol. The normalized spacial score (nSPS) is 23.7. The van der Waals surface area contributed by atoms with Crippen LogP contribution in [-0.4, -0.2) is 29.4 Å². The second kappa shape index (κ2) is 7.25. The van der Waals surface area contributed by atoms with Gasteiger partial charge < -0.3 is 14.6 Å². The molecule has 1 atom stereocenters. The lowest BCUT2D eigenvalue weighted by Crippen LogP contribution is -2.41. The number of hydrogen-bond acceptors (Lipinski definition) is 4. The third kappa shape index (κ3) is 3.76. The predicted octanol–water partition coefficient (Wildman–Crippen LogP) is 3.26. The molecule has 5 heteroatoms. The average Bonchev–Trinajstić information content (AvgIpc) is 2.98. The number of carboxylic acid groups (broad SMARTS) is 1. The molecular formula is C16H26O5. The zero-order valence-corrected chi connectivity index (χ0v) is 12.8. The summed E-state index contributed by atoms with van der Waals surface area (Å²) in [5, 5.41) is 9.40. The molecule has 2 aliphatic rings. The van der Waals surface area contributed by atoms with E-state index < -0.39 is 23.6 Å². The molecule has 0 aromatic rings. The van der Waals surface area contributed by atoms with E-state index in [0.717, 1.165) is 38.5 Å². The van der Waals surface area contributed by atoms with Crippen molar-refractivity contribution in [2.45, 2.75) is 83.5 Å². The summed E-state index contributed by atoms with van der Waals surface area (Å²) in [6.07, 6.45) is 7.89. The Labute approximate surface area is 126 Å². The highest BCUT2D eigenvalue weighted by atomic mass is 16.7. The van der Waals surface area contributed by atoms with Gasteiger partial charge in [-0.3, -0.25) is 9.59 Å². The van der Waals surface area contributed by atoms with Crippen LogP contribution in [0, 0.1) is 5.41 Å². The first-order valence-corrected chi connectivity index (χ1v) is 8.18. The number of esters is 1. The summed E-state index contributed by atoms with van der Waals surface area (Å²) < 4.78 is 11.3. The van der Waals surface area contributed by atoms with E-state index >= 15 is 0 Å². The Kier molecular flexibility index (Phi) is 5.62. The first-order valence-electron chi connectivity index (χ1n) is 8.18. The molecular weight excluding hydrogens is 272 g/mol. The van der Waals surface area contributed by atoms with Gasteiger partial charge in [0.2, 0.25) is 6.29 Å². The van der Waals surface area contributed by atoms with Gasteiger partial charge in [-0.1, -0.05) is 39.0 Å². The first kappa shape index (κ1) is 16.3. The predicted molar refractivity (Wildman–Crippen MR) is 76.7 cm³/mol. The van der Waals surface area contributed by atoms with Crippen LogP contribution in [0.1, 0.15) is 71.1 Å². The van der Waals surface area contributed by atoms with Crippen molar-refractivity contribution < 1.29 is 24.2 Å². The lowest BCUT2D eigenvalue weighted by atomic mass is 9.86. The number of ether oxygens (including phenoxy) is 2. The van der Waals surface area contributed by atoms with Crippen molar-refractivity contribution in [3.63, 3.8) is 0 Å². The molecule has 2 aliphatic carbocycles. The Hall–Kier alpha value is -1.10. The summed E-state index contributed by atoms with van der Waals surface area (Å²) in [5.41, 5.74) is -1.34. The fraction of sp³-hybridized carbons (Fsp3) is 0.875. The Morgan fingerprint density at radius 2 is 1.76 bits per heavy atom. The van der Waals surface area contributed by atoms with Gasteiger partial charge in [-0.2, -0.15) is 0 Å². The molecule has 0 amide bonds. The van der Waals surface area contributed by atoms with E-state index in [-0.39, 0.29) is 6.10 Å². The van der Waals surface area contributed by atoms with Crippen LogP contribution in [0.3, 0.4) is 0 Å². The number of hydrogen-bond donors (Lipinski definition) is 1. The number of carbonyl (C=O) groups is 2. The van der Waals surface area contributed by atoms with E-state index in [1.54, 1.807) is 0 Å². The summed E-state index contributed by atoms with van der Waals surface area (Å²) in [4.78, 5) is 23.8. The third-order valence-corrected chi connectivity index (χ3v) is 4.73. The molecule has 1 unspecified atom stereocenters. The zero-order valence-electron chi connectivity index (χ0n) is 12.8. The Balaban J connectivity index is 1.93. The molecule has 2 fully saturated rings. The molecule has 0 aliphatic heterocycles. The minimum absolute atomic E-state index is 0.140. The average molecular weight is 298 g/mol. The van der Waals surface area contributed by atoms with Crippen molar-refractivity contribution in [3.05, 3.63) is 0 Å².